The highest BCUT2D eigenvalue weighted by Crippen LogP contribution is 2.40. The third-order valence-electron chi connectivity index (χ3n) is 10.2. The normalized spacial score (nSPS) is 21.3. The van der Waals surface area contributed by atoms with E-state index in [0.29, 0.717) is 28.6 Å². The Kier molecular flexibility index (Phi) is 6.86. The van der Waals surface area contributed by atoms with Crippen LogP contribution in [0.2, 0.25) is 0 Å². The number of carbonyl (C=O) groups is 2. The van der Waals surface area contributed by atoms with E-state index < -0.39 is 0 Å². The molecule has 2 bridgehead atoms. The molecule has 2 aliphatic heterocycles. The summed E-state index contributed by atoms with van der Waals surface area (Å²) in [6, 6.07) is 19.2. The van der Waals surface area contributed by atoms with Crippen molar-refractivity contribution in [2.75, 3.05) is 7.11 Å². The molecule has 4 atom stereocenters. The maximum atomic E-state index is 13.8. The van der Waals surface area contributed by atoms with Crippen LogP contribution in [0.3, 0.4) is 0 Å². The molecule has 8 rings (SSSR count). The maximum Gasteiger partial charge on any atom is 0.254 e. The van der Waals surface area contributed by atoms with Crippen LogP contribution in [-0.2, 0) is 6.54 Å². The second kappa shape index (κ2) is 11.0. The highest BCUT2D eigenvalue weighted by atomic mass is 16.5. The van der Waals surface area contributed by atoms with E-state index in [0.717, 1.165) is 59.6 Å². The van der Waals surface area contributed by atoms with Crippen LogP contribution >= 0.6 is 0 Å². The van der Waals surface area contributed by atoms with E-state index in [1.54, 1.807) is 7.11 Å². The minimum atomic E-state index is -0.276. The van der Waals surface area contributed by atoms with Gasteiger partial charge in [0.15, 0.2) is 5.88 Å². The fourth-order valence-electron chi connectivity index (χ4n) is 7.56. The summed E-state index contributed by atoms with van der Waals surface area (Å²) in [7, 11) is 1.63. The van der Waals surface area contributed by atoms with Gasteiger partial charge >= 0.3 is 0 Å². The first-order chi connectivity index (χ1) is 22.3. The molecule has 236 valence electrons. The Balaban J connectivity index is 1.18. The minimum absolute atomic E-state index is 0.00324. The van der Waals surface area contributed by atoms with Gasteiger partial charge in [0.05, 0.1) is 30.2 Å². The van der Waals surface area contributed by atoms with E-state index in [1.165, 1.54) is 12.8 Å². The van der Waals surface area contributed by atoms with Crippen LogP contribution < -0.4 is 15.8 Å². The molecule has 46 heavy (non-hydrogen) atoms. The van der Waals surface area contributed by atoms with E-state index in [4.69, 9.17) is 20.4 Å². The number of amides is 2. The van der Waals surface area contributed by atoms with Crippen LogP contribution in [0, 0.1) is 12.8 Å². The summed E-state index contributed by atoms with van der Waals surface area (Å²) >= 11 is 0. The molecule has 5 aromatic rings. The van der Waals surface area contributed by atoms with Crippen molar-refractivity contribution in [3.63, 3.8) is 0 Å². The molecule has 3 N–H and O–H groups in total. The fraction of sp³-hybridized carbons (Fsp3) is 0.389. The van der Waals surface area contributed by atoms with Crippen LogP contribution in [-0.4, -0.2) is 60.9 Å². The number of nitrogens with two attached hydrogens (primary N) is 1. The monoisotopic (exact) mass is 617 g/mol. The van der Waals surface area contributed by atoms with Crippen molar-refractivity contribution in [3.8, 4) is 17.3 Å². The van der Waals surface area contributed by atoms with Gasteiger partial charge in [-0.3, -0.25) is 14.0 Å². The highest BCUT2D eigenvalue weighted by Gasteiger charge is 2.47. The molecule has 10 heteroatoms. The lowest BCUT2D eigenvalue weighted by molar-refractivity contribution is 0.0725. The van der Waals surface area contributed by atoms with Crippen LogP contribution in [0.25, 0.3) is 28.1 Å². The van der Waals surface area contributed by atoms with Crippen molar-refractivity contribution in [2.24, 2.45) is 11.7 Å². The van der Waals surface area contributed by atoms with Crippen molar-refractivity contribution >= 4 is 28.5 Å². The lowest BCUT2D eigenvalue weighted by atomic mass is 9.97. The number of nitrogens with zero attached hydrogens (tertiary/aromatic N) is 5. The number of carbonyl (C=O) groups excluding carboxylic acids is 2. The zero-order chi connectivity index (χ0) is 31.7. The van der Waals surface area contributed by atoms with Crippen molar-refractivity contribution in [2.45, 2.75) is 76.7 Å². The van der Waals surface area contributed by atoms with Gasteiger partial charge in [0.2, 0.25) is 0 Å². The van der Waals surface area contributed by atoms with Gasteiger partial charge in [-0.05, 0) is 88.3 Å². The van der Waals surface area contributed by atoms with Gasteiger partial charge < -0.3 is 25.3 Å². The van der Waals surface area contributed by atoms with E-state index in [1.807, 2.05) is 71.7 Å². The SMILES string of the molecule is COc1cc(C(=O)N2[C@H]3CC[C@@H]2[C@H](N)C3)cc2nc(-c3cc4ccc([C@@H](C)NC(=O)c5ccccc5)nc4n3CC3CC3)c(C)n12. The zero-order valence-electron chi connectivity index (χ0n) is 26.4. The number of hydrogen-bond donors (Lipinski definition) is 2. The summed E-state index contributed by atoms with van der Waals surface area (Å²) in [5.74, 6) is 1.03. The van der Waals surface area contributed by atoms with E-state index in [-0.39, 0.29) is 36.0 Å². The number of benzene rings is 1. The first-order valence-electron chi connectivity index (χ1n) is 16.3. The molecule has 1 aliphatic carbocycles. The number of aryl methyl sites for hydroxylation is 1. The molecular weight excluding hydrogens is 578 g/mol. The molecule has 6 heterocycles. The second-order valence-electron chi connectivity index (χ2n) is 13.2. The summed E-state index contributed by atoms with van der Waals surface area (Å²) in [5, 5.41) is 4.11. The molecule has 3 aliphatic rings. The molecule has 0 radical (unpaired) electrons. The van der Waals surface area contributed by atoms with E-state index in [9.17, 15) is 9.59 Å². The number of pyridine rings is 2. The number of rotatable bonds is 8. The van der Waals surface area contributed by atoms with Crippen LogP contribution in [0.1, 0.15) is 77.2 Å². The van der Waals surface area contributed by atoms with Gasteiger partial charge in [-0.15, -0.1) is 0 Å². The van der Waals surface area contributed by atoms with Gasteiger partial charge in [-0.25, -0.2) is 9.97 Å². The molecule has 1 aromatic carbocycles. The van der Waals surface area contributed by atoms with Crippen LogP contribution in [0.5, 0.6) is 5.88 Å². The summed E-state index contributed by atoms with van der Waals surface area (Å²) in [6.45, 7) is 4.84. The Bertz CT molecular complexity index is 1990. The molecular formula is C36H39N7O3. The number of ether oxygens (including phenoxy) is 1. The van der Waals surface area contributed by atoms with Gasteiger partial charge in [-0.1, -0.05) is 18.2 Å². The minimum Gasteiger partial charge on any atom is -0.482 e. The molecule has 3 fully saturated rings. The molecule has 1 saturated carbocycles. The van der Waals surface area contributed by atoms with Crippen LogP contribution in [0.15, 0.2) is 60.7 Å². The van der Waals surface area contributed by atoms with Gasteiger partial charge in [-0.2, -0.15) is 0 Å². The standard InChI is InChI=1S/C36H39N7O3/c1-20(38-35(44)23-7-5-4-6-8-23)28-13-11-24-15-30(41(34(24)39-28)19-22-9-10-22)33-21(2)42-31(40-33)16-25(17-32(42)46-3)36(45)43-26-12-14-29(43)27(37)18-26/h4-8,11,13,15-17,20,22,26-27,29H,9-10,12,14,18-19,37H2,1-3H3,(H,38,44)/t20-,26+,27-,29-/m1/s1. The summed E-state index contributed by atoms with van der Waals surface area (Å²) in [5.41, 5.74) is 12.6. The predicted octanol–water partition coefficient (Wildman–Crippen LogP) is 5.27. The number of hydrogen-bond acceptors (Lipinski definition) is 6. The third kappa shape index (κ3) is 4.74. The topological polar surface area (TPSA) is 120 Å². The molecule has 0 spiro atoms. The molecule has 2 amide bonds. The van der Waals surface area contributed by atoms with Crippen molar-refractivity contribution in [1.29, 1.82) is 0 Å². The molecule has 2 saturated heterocycles. The zero-order valence-corrected chi connectivity index (χ0v) is 26.4. The number of imidazole rings is 1. The van der Waals surface area contributed by atoms with Gasteiger partial charge in [0.1, 0.15) is 17.0 Å². The maximum absolute atomic E-state index is 13.8. The summed E-state index contributed by atoms with van der Waals surface area (Å²) in [6.07, 6.45) is 5.21. The van der Waals surface area contributed by atoms with Gasteiger partial charge in [0, 0.05) is 47.2 Å². The van der Waals surface area contributed by atoms with Crippen LogP contribution in [0.4, 0.5) is 0 Å². The second-order valence-corrected chi connectivity index (χ2v) is 13.2. The fourth-order valence-corrected chi connectivity index (χ4v) is 7.56. The Morgan fingerprint density at radius 2 is 1.83 bits per heavy atom. The number of methoxy groups -OCH3 is 1. The lowest BCUT2D eigenvalue weighted by Gasteiger charge is -2.23. The lowest BCUT2D eigenvalue weighted by Crippen LogP contribution is -2.40. The first kappa shape index (κ1) is 28.8. The number of nitrogens with one attached hydrogen (secondary N) is 1. The summed E-state index contributed by atoms with van der Waals surface area (Å²) < 4.78 is 10.1. The predicted molar refractivity (Wildman–Crippen MR) is 176 cm³/mol. The highest BCUT2D eigenvalue weighted by molar-refractivity contribution is 5.97. The Morgan fingerprint density at radius 3 is 2.52 bits per heavy atom. The van der Waals surface area contributed by atoms with Crippen molar-refractivity contribution in [3.05, 3.63) is 83.2 Å². The average Bonchev–Trinajstić information content (AvgIpc) is 3.38. The number of fused-ring (bicyclic) bond motifs is 4. The number of aromatic nitrogens is 4. The quantitative estimate of drug-likeness (QED) is 0.245. The van der Waals surface area contributed by atoms with Crippen molar-refractivity contribution in [1.82, 2.24) is 29.2 Å². The average molecular weight is 618 g/mol. The largest absolute Gasteiger partial charge is 0.482 e. The van der Waals surface area contributed by atoms with Crippen molar-refractivity contribution < 1.29 is 14.3 Å². The Morgan fingerprint density at radius 1 is 1.02 bits per heavy atom. The molecule has 0 unspecified atom stereocenters. The van der Waals surface area contributed by atoms with E-state index >= 15 is 0 Å². The molecule has 10 nitrogen and oxygen atoms in total. The Hall–Kier alpha value is -4.70. The van der Waals surface area contributed by atoms with Gasteiger partial charge in [0.25, 0.3) is 11.8 Å². The Labute approximate surface area is 267 Å². The smallest absolute Gasteiger partial charge is 0.254 e. The molecule has 4 aromatic heterocycles. The third-order valence-corrected chi connectivity index (χ3v) is 10.2. The first-order valence-corrected chi connectivity index (χ1v) is 16.3. The van der Waals surface area contributed by atoms with E-state index in [2.05, 4.69) is 22.0 Å². The summed E-state index contributed by atoms with van der Waals surface area (Å²) in [4.78, 5) is 38.9.